The number of nitrogens with zero attached hydrogens (tertiary/aromatic N) is 3. The molecule has 2 N–H and O–H groups in total. The quantitative estimate of drug-likeness (QED) is 0.345. The first kappa shape index (κ1) is 21.6. The van der Waals surface area contributed by atoms with Crippen LogP contribution in [0.2, 0.25) is 0 Å². The van der Waals surface area contributed by atoms with Gasteiger partial charge in [-0.25, -0.2) is 18.9 Å². The molecule has 2 aromatic carbocycles. The molecule has 0 aliphatic carbocycles. The van der Waals surface area contributed by atoms with Crippen LogP contribution in [-0.4, -0.2) is 31.2 Å². The van der Waals surface area contributed by atoms with Crippen molar-refractivity contribution in [3.63, 3.8) is 0 Å². The van der Waals surface area contributed by atoms with Gasteiger partial charge in [0.2, 0.25) is 5.91 Å². The summed E-state index contributed by atoms with van der Waals surface area (Å²) in [6.07, 6.45) is -4.54. The standard InChI is InChI=1S/C20H13F4N5O2S/c21-14-7-2-1-6-13(14)18-26-15-9-16(30)28-29(15)19(27-18)32-10-17(31)25-12-5-3-4-11(8-12)20(22,23)24/h1-9H,10H2,(H,25,31)(H,28,30). The highest BCUT2D eigenvalue weighted by molar-refractivity contribution is 7.99. The summed E-state index contributed by atoms with van der Waals surface area (Å²) in [6, 6.07) is 11.3. The van der Waals surface area contributed by atoms with E-state index in [0.717, 1.165) is 23.9 Å². The van der Waals surface area contributed by atoms with Gasteiger partial charge in [-0.2, -0.15) is 13.2 Å². The molecule has 12 heteroatoms. The number of aromatic nitrogens is 4. The van der Waals surface area contributed by atoms with E-state index in [2.05, 4.69) is 20.4 Å². The molecule has 1 amide bonds. The number of fused-ring (bicyclic) bond motifs is 1. The number of halogens is 4. The molecular weight excluding hydrogens is 450 g/mol. The fraction of sp³-hybridized carbons (Fsp3) is 0.100. The molecule has 0 saturated carbocycles. The topological polar surface area (TPSA) is 92.2 Å². The van der Waals surface area contributed by atoms with Crippen LogP contribution in [-0.2, 0) is 11.0 Å². The average Bonchev–Trinajstić information content (AvgIpc) is 3.12. The summed E-state index contributed by atoms with van der Waals surface area (Å²) in [5, 5.41) is 5.02. The number of carbonyl (C=O) groups is 1. The molecule has 0 aliphatic rings. The van der Waals surface area contributed by atoms with Crippen LogP contribution < -0.4 is 10.9 Å². The van der Waals surface area contributed by atoms with Crippen molar-refractivity contribution >= 4 is 29.0 Å². The number of H-pyrrole nitrogens is 1. The number of anilines is 1. The van der Waals surface area contributed by atoms with Crippen LogP contribution in [0.25, 0.3) is 17.0 Å². The van der Waals surface area contributed by atoms with Gasteiger partial charge >= 0.3 is 6.18 Å². The second-order valence-corrected chi connectivity index (χ2v) is 7.48. The first-order chi connectivity index (χ1) is 15.2. The van der Waals surface area contributed by atoms with Gasteiger partial charge in [-0.05, 0) is 30.3 Å². The molecule has 4 rings (SSSR count). The summed E-state index contributed by atoms with van der Waals surface area (Å²) in [7, 11) is 0. The Labute approximate surface area is 181 Å². The van der Waals surface area contributed by atoms with E-state index in [1.54, 1.807) is 6.07 Å². The molecule has 0 atom stereocenters. The lowest BCUT2D eigenvalue weighted by Crippen LogP contribution is -2.16. The maximum Gasteiger partial charge on any atom is 0.416 e. The Morgan fingerprint density at radius 3 is 2.62 bits per heavy atom. The predicted molar refractivity (Wildman–Crippen MR) is 110 cm³/mol. The summed E-state index contributed by atoms with van der Waals surface area (Å²) in [5.41, 5.74) is -1.09. The zero-order valence-electron chi connectivity index (χ0n) is 16.0. The van der Waals surface area contributed by atoms with Crippen molar-refractivity contribution in [3.8, 4) is 11.4 Å². The van der Waals surface area contributed by atoms with Gasteiger partial charge in [0.05, 0.1) is 16.9 Å². The second kappa shape index (κ2) is 8.46. The third kappa shape index (κ3) is 4.64. The second-order valence-electron chi connectivity index (χ2n) is 6.54. The van der Waals surface area contributed by atoms with Crippen molar-refractivity contribution in [2.24, 2.45) is 0 Å². The highest BCUT2D eigenvalue weighted by Gasteiger charge is 2.30. The van der Waals surface area contributed by atoms with E-state index < -0.39 is 29.0 Å². The number of carbonyl (C=O) groups excluding carboxylic acids is 1. The maximum absolute atomic E-state index is 14.2. The molecule has 164 valence electrons. The molecule has 32 heavy (non-hydrogen) atoms. The van der Waals surface area contributed by atoms with E-state index in [0.29, 0.717) is 0 Å². The number of hydrogen-bond donors (Lipinski definition) is 2. The number of aromatic amines is 1. The highest BCUT2D eigenvalue weighted by atomic mass is 32.2. The number of amides is 1. The van der Waals surface area contributed by atoms with Crippen LogP contribution in [0.15, 0.2) is 64.5 Å². The van der Waals surface area contributed by atoms with Crippen molar-refractivity contribution in [1.82, 2.24) is 19.6 Å². The summed E-state index contributed by atoms with van der Waals surface area (Å²) in [4.78, 5) is 32.5. The number of thioether (sulfide) groups is 1. The lowest BCUT2D eigenvalue weighted by Gasteiger charge is -2.10. The highest BCUT2D eigenvalue weighted by Crippen LogP contribution is 2.31. The van der Waals surface area contributed by atoms with E-state index in [1.807, 2.05) is 0 Å². The zero-order valence-corrected chi connectivity index (χ0v) is 16.8. The average molecular weight is 463 g/mol. The Morgan fingerprint density at radius 2 is 1.88 bits per heavy atom. The molecule has 4 aromatic rings. The van der Waals surface area contributed by atoms with E-state index in [9.17, 15) is 27.2 Å². The van der Waals surface area contributed by atoms with Gasteiger partial charge in [0.1, 0.15) is 5.82 Å². The normalized spacial score (nSPS) is 11.6. The van der Waals surface area contributed by atoms with Gasteiger partial charge in [0, 0.05) is 11.8 Å². The molecule has 0 fully saturated rings. The minimum absolute atomic E-state index is 0.0142. The number of benzene rings is 2. The van der Waals surface area contributed by atoms with Crippen molar-refractivity contribution < 1.29 is 22.4 Å². The monoisotopic (exact) mass is 463 g/mol. The summed E-state index contributed by atoms with van der Waals surface area (Å²) in [6.45, 7) is 0. The first-order valence-corrected chi connectivity index (χ1v) is 10.0. The fourth-order valence-corrected chi connectivity index (χ4v) is 3.60. The van der Waals surface area contributed by atoms with Crippen LogP contribution in [0.5, 0.6) is 0 Å². The molecule has 0 unspecified atom stereocenters. The summed E-state index contributed by atoms with van der Waals surface area (Å²) >= 11 is 0.900. The van der Waals surface area contributed by atoms with Gasteiger partial charge in [-0.15, -0.1) is 0 Å². The van der Waals surface area contributed by atoms with Gasteiger partial charge in [-0.1, -0.05) is 30.0 Å². The van der Waals surface area contributed by atoms with Crippen molar-refractivity contribution in [3.05, 3.63) is 76.3 Å². The van der Waals surface area contributed by atoms with Gasteiger partial charge in [0.25, 0.3) is 5.56 Å². The Kier molecular flexibility index (Phi) is 5.70. The molecular formula is C20H13F4N5O2S. The van der Waals surface area contributed by atoms with Gasteiger partial charge in [-0.3, -0.25) is 14.7 Å². The Balaban J connectivity index is 1.57. The van der Waals surface area contributed by atoms with E-state index >= 15 is 0 Å². The molecule has 0 radical (unpaired) electrons. The van der Waals surface area contributed by atoms with E-state index in [4.69, 9.17) is 0 Å². The Bertz CT molecular complexity index is 1370. The van der Waals surface area contributed by atoms with Crippen molar-refractivity contribution in [1.29, 1.82) is 0 Å². The van der Waals surface area contributed by atoms with Crippen molar-refractivity contribution in [2.45, 2.75) is 11.3 Å². The van der Waals surface area contributed by atoms with Gasteiger partial charge < -0.3 is 5.32 Å². The van der Waals surface area contributed by atoms with Crippen molar-refractivity contribution in [2.75, 3.05) is 11.1 Å². The third-order valence-electron chi connectivity index (χ3n) is 4.25. The number of alkyl halides is 3. The third-order valence-corrected chi connectivity index (χ3v) is 5.18. The maximum atomic E-state index is 14.2. The predicted octanol–water partition coefficient (Wildman–Crippen LogP) is 3.97. The van der Waals surface area contributed by atoms with Crippen LogP contribution >= 0.6 is 11.8 Å². The minimum atomic E-state index is -4.54. The first-order valence-electron chi connectivity index (χ1n) is 9.05. The summed E-state index contributed by atoms with van der Waals surface area (Å²) in [5.74, 6) is -1.38. The SMILES string of the molecule is O=C(CSc1nc(-c2ccccc2F)nc2cc(=O)[nH]n12)Nc1cccc(C(F)(F)F)c1. The molecule has 0 saturated heterocycles. The largest absolute Gasteiger partial charge is 0.416 e. The molecule has 2 aromatic heterocycles. The molecule has 7 nitrogen and oxygen atoms in total. The van der Waals surface area contributed by atoms with Crippen LogP contribution in [0, 0.1) is 5.82 Å². The molecule has 0 spiro atoms. The molecule has 0 bridgehead atoms. The van der Waals surface area contributed by atoms with Crippen LogP contribution in [0.1, 0.15) is 5.56 Å². The lowest BCUT2D eigenvalue weighted by molar-refractivity contribution is -0.137. The zero-order chi connectivity index (χ0) is 22.9. The minimum Gasteiger partial charge on any atom is -0.325 e. The number of hydrogen-bond acceptors (Lipinski definition) is 5. The Hall–Kier alpha value is -3.67. The number of nitrogens with one attached hydrogen (secondary N) is 2. The molecule has 0 aliphatic heterocycles. The fourth-order valence-electron chi connectivity index (χ4n) is 2.84. The van der Waals surface area contributed by atoms with Gasteiger partial charge in [0.15, 0.2) is 16.6 Å². The lowest BCUT2D eigenvalue weighted by atomic mass is 10.2. The Morgan fingerprint density at radius 1 is 1.09 bits per heavy atom. The van der Waals surface area contributed by atoms with Crippen LogP contribution in [0.3, 0.4) is 0 Å². The van der Waals surface area contributed by atoms with E-state index in [1.165, 1.54) is 40.9 Å². The number of rotatable bonds is 5. The smallest absolute Gasteiger partial charge is 0.325 e. The summed E-state index contributed by atoms with van der Waals surface area (Å²) < 4.78 is 53.9. The molecule has 2 heterocycles. The van der Waals surface area contributed by atoms with E-state index in [-0.39, 0.29) is 33.6 Å². The van der Waals surface area contributed by atoms with Crippen LogP contribution in [0.4, 0.5) is 23.2 Å².